The fourth-order valence-electron chi connectivity index (χ4n) is 2.65. The number of nitrogens with zero attached hydrogens (tertiary/aromatic N) is 2. The molecule has 3 rings (SSSR count). The van der Waals surface area contributed by atoms with E-state index in [1.54, 1.807) is 41.3 Å². The predicted molar refractivity (Wildman–Crippen MR) is 96.5 cm³/mol. The zero-order valence-electron chi connectivity index (χ0n) is 13.3. The number of hydrogen-bond acceptors (Lipinski definition) is 5. The lowest BCUT2D eigenvalue weighted by Crippen LogP contribution is -2.27. The highest BCUT2D eigenvalue weighted by Crippen LogP contribution is 2.42. The zero-order valence-corrected chi connectivity index (χ0v) is 14.2. The summed E-state index contributed by atoms with van der Waals surface area (Å²) in [7, 11) is 0. The molecule has 7 nitrogen and oxygen atoms in total. The van der Waals surface area contributed by atoms with Gasteiger partial charge in [0.25, 0.3) is 5.69 Å². The molecule has 128 valence electrons. The number of anilines is 2. The number of non-ortho nitro benzene ring substituents is 1. The minimum atomic E-state index is -0.447. The Morgan fingerprint density at radius 2 is 2.00 bits per heavy atom. The molecule has 8 heteroatoms. The highest BCUT2D eigenvalue weighted by Gasteiger charge is 2.34. The third-order valence-electron chi connectivity index (χ3n) is 3.70. The first-order chi connectivity index (χ1) is 12.0. The number of hydrogen-bond donors (Lipinski definition) is 1. The predicted octanol–water partition coefficient (Wildman–Crippen LogP) is 3.33. The normalized spacial score (nSPS) is 16.8. The second kappa shape index (κ2) is 6.94. The summed E-state index contributed by atoms with van der Waals surface area (Å²) < 4.78 is 0. The highest BCUT2D eigenvalue weighted by atomic mass is 32.2. The summed E-state index contributed by atoms with van der Waals surface area (Å²) in [5.41, 5.74) is 2.03. The standard InChI is InChI=1S/C17H15N3O4S/c1-11(21)18-13-5-7-14(8-6-13)19-16(22)10-25-17(19)12-3-2-4-15(9-12)20(23)24/h2-9,17H,10H2,1H3,(H,18,21)/t17-/m0/s1. The topological polar surface area (TPSA) is 92.6 Å². The molecule has 2 amide bonds. The first kappa shape index (κ1) is 17.0. The molecule has 0 aromatic heterocycles. The molecule has 0 saturated carbocycles. The Morgan fingerprint density at radius 3 is 2.64 bits per heavy atom. The zero-order chi connectivity index (χ0) is 18.0. The van der Waals surface area contributed by atoms with Crippen LogP contribution in [0.15, 0.2) is 48.5 Å². The Balaban J connectivity index is 1.91. The van der Waals surface area contributed by atoms with Crippen LogP contribution >= 0.6 is 11.8 Å². The molecule has 1 fully saturated rings. The summed E-state index contributed by atoms with van der Waals surface area (Å²) in [6.45, 7) is 1.42. The van der Waals surface area contributed by atoms with Gasteiger partial charge >= 0.3 is 0 Å². The Bertz CT molecular complexity index is 838. The van der Waals surface area contributed by atoms with Gasteiger partial charge < -0.3 is 5.32 Å². The second-order valence-corrected chi connectivity index (χ2v) is 6.58. The molecule has 0 unspecified atom stereocenters. The van der Waals surface area contributed by atoms with E-state index in [1.807, 2.05) is 0 Å². The number of nitro groups is 1. The van der Waals surface area contributed by atoms with Crippen molar-refractivity contribution in [3.8, 4) is 0 Å². The molecule has 2 aromatic carbocycles. The minimum absolute atomic E-state index is 0.00148. The molecule has 1 heterocycles. The molecule has 0 radical (unpaired) electrons. The molecule has 0 bridgehead atoms. The number of rotatable bonds is 4. The lowest BCUT2D eigenvalue weighted by Gasteiger charge is -2.24. The van der Waals surface area contributed by atoms with E-state index in [1.165, 1.54) is 30.8 Å². The summed E-state index contributed by atoms with van der Waals surface area (Å²) in [4.78, 5) is 35.6. The van der Waals surface area contributed by atoms with Gasteiger partial charge in [0.05, 0.1) is 10.7 Å². The van der Waals surface area contributed by atoms with Gasteiger partial charge in [-0.2, -0.15) is 0 Å². The van der Waals surface area contributed by atoms with Gasteiger partial charge in [-0.1, -0.05) is 12.1 Å². The van der Waals surface area contributed by atoms with Crippen molar-refractivity contribution in [2.45, 2.75) is 12.3 Å². The van der Waals surface area contributed by atoms with E-state index < -0.39 is 4.92 Å². The van der Waals surface area contributed by atoms with Gasteiger partial charge in [-0.05, 0) is 29.8 Å². The lowest BCUT2D eigenvalue weighted by molar-refractivity contribution is -0.384. The van der Waals surface area contributed by atoms with Crippen molar-refractivity contribution in [2.24, 2.45) is 0 Å². The van der Waals surface area contributed by atoms with E-state index in [-0.39, 0.29) is 22.9 Å². The number of carbonyl (C=O) groups excluding carboxylic acids is 2. The third kappa shape index (κ3) is 3.63. The van der Waals surface area contributed by atoms with Crippen LogP contribution in [0.3, 0.4) is 0 Å². The second-order valence-electron chi connectivity index (χ2n) is 5.51. The average Bonchev–Trinajstić information content (AvgIpc) is 2.97. The molecule has 1 aliphatic heterocycles. The Hall–Kier alpha value is -2.87. The molecule has 25 heavy (non-hydrogen) atoms. The largest absolute Gasteiger partial charge is 0.326 e. The monoisotopic (exact) mass is 357 g/mol. The number of amides is 2. The highest BCUT2D eigenvalue weighted by molar-refractivity contribution is 8.00. The molecule has 1 atom stereocenters. The molecule has 0 aliphatic carbocycles. The lowest BCUT2D eigenvalue weighted by atomic mass is 10.1. The van der Waals surface area contributed by atoms with Gasteiger partial charge in [-0.3, -0.25) is 24.6 Å². The number of carbonyl (C=O) groups is 2. The number of benzene rings is 2. The fourth-order valence-corrected chi connectivity index (χ4v) is 3.82. The first-order valence-corrected chi connectivity index (χ1v) is 8.56. The summed E-state index contributed by atoms with van der Waals surface area (Å²) in [5.74, 6) is 0.0738. The van der Waals surface area contributed by atoms with Crippen molar-refractivity contribution in [1.29, 1.82) is 0 Å². The SMILES string of the molecule is CC(=O)Nc1ccc(N2C(=O)CS[C@H]2c2cccc([N+](=O)[O-])c2)cc1. The number of nitro benzene ring substituents is 1. The van der Waals surface area contributed by atoms with Gasteiger partial charge in [-0.15, -0.1) is 11.8 Å². The van der Waals surface area contributed by atoms with Crippen molar-refractivity contribution in [1.82, 2.24) is 0 Å². The average molecular weight is 357 g/mol. The van der Waals surface area contributed by atoms with E-state index in [2.05, 4.69) is 5.32 Å². The molecule has 1 N–H and O–H groups in total. The number of nitrogens with one attached hydrogen (secondary N) is 1. The fraction of sp³-hybridized carbons (Fsp3) is 0.176. The molecular formula is C17H15N3O4S. The molecular weight excluding hydrogens is 342 g/mol. The van der Waals surface area contributed by atoms with Crippen LogP contribution < -0.4 is 10.2 Å². The molecule has 2 aromatic rings. The van der Waals surface area contributed by atoms with Crippen LogP contribution in [0.5, 0.6) is 0 Å². The van der Waals surface area contributed by atoms with E-state index >= 15 is 0 Å². The maximum absolute atomic E-state index is 12.3. The smallest absolute Gasteiger partial charge is 0.269 e. The van der Waals surface area contributed by atoms with Crippen LogP contribution in [-0.2, 0) is 9.59 Å². The maximum atomic E-state index is 12.3. The third-order valence-corrected chi connectivity index (χ3v) is 4.91. The van der Waals surface area contributed by atoms with Crippen molar-refractivity contribution >= 4 is 40.6 Å². The van der Waals surface area contributed by atoms with Gasteiger partial charge in [0.2, 0.25) is 11.8 Å². The minimum Gasteiger partial charge on any atom is -0.326 e. The van der Waals surface area contributed by atoms with E-state index in [4.69, 9.17) is 0 Å². The van der Waals surface area contributed by atoms with Crippen LogP contribution in [-0.4, -0.2) is 22.5 Å². The van der Waals surface area contributed by atoms with Crippen molar-refractivity contribution in [3.05, 3.63) is 64.2 Å². The Morgan fingerprint density at radius 1 is 1.28 bits per heavy atom. The van der Waals surface area contributed by atoms with Crippen LogP contribution in [0.25, 0.3) is 0 Å². The summed E-state index contributed by atoms with van der Waals surface area (Å²) in [5, 5.41) is 13.3. The van der Waals surface area contributed by atoms with E-state index in [0.717, 1.165) is 0 Å². The summed E-state index contributed by atoms with van der Waals surface area (Å²) >= 11 is 1.43. The summed E-state index contributed by atoms with van der Waals surface area (Å²) in [6, 6.07) is 13.3. The Kier molecular flexibility index (Phi) is 4.71. The molecule has 1 aliphatic rings. The summed E-state index contributed by atoms with van der Waals surface area (Å²) in [6.07, 6.45) is 0. The Labute approximate surface area is 148 Å². The van der Waals surface area contributed by atoms with Crippen LogP contribution in [0.1, 0.15) is 17.9 Å². The van der Waals surface area contributed by atoms with Crippen molar-refractivity contribution in [2.75, 3.05) is 16.0 Å². The van der Waals surface area contributed by atoms with Crippen molar-refractivity contribution in [3.63, 3.8) is 0 Å². The van der Waals surface area contributed by atoms with E-state index in [9.17, 15) is 19.7 Å². The quantitative estimate of drug-likeness (QED) is 0.669. The molecule has 0 spiro atoms. The van der Waals surface area contributed by atoms with E-state index in [0.29, 0.717) is 22.7 Å². The first-order valence-electron chi connectivity index (χ1n) is 7.51. The van der Waals surface area contributed by atoms with Crippen LogP contribution in [0.4, 0.5) is 17.1 Å². The van der Waals surface area contributed by atoms with Gasteiger partial charge in [-0.25, -0.2) is 0 Å². The number of thioether (sulfide) groups is 1. The van der Waals surface area contributed by atoms with Gasteiger partial charge in [0.1, 0.15) is 5.37 Å². The van der Waals surface area contributed by atoms with Gasteiger partial charge in [0, 0.05) is 30.4 Å². The van der Waals surface area contributed by atoms with Crippen LogP contribution in [0, 0.1) is 10.1 Å². The maximum Gasteiger partial charge on any atom is 0.269 e. The van der Waals surface area contributed by atoms with Gasteiger partial charge in [0.15, 0.2) is 0 Å². The van der Waals surface area contributed by atoms with Crippen molar-refractivity contribution < 1.29 is 14.5 Å². The van der Waals surface area contributed by atoms with Crippen LogP contribution in [0.2, 0.25) is 0 Å². The molecule has 1 saturated heterocycles.